The summed E-state index contributed by atoms with van der Waals surface area (Å²) >= 11 is 0. The molecule has 1 aliphatic rings. The highest BCUT2D eigenvalue weighted by Gasteiger charge is 2.20. The molecule has 4 heteroatoms. The van der Waals surface area contributed by atoms with Gasteiger partial charge in [0.25, 0.3) is 0 Å². The second-order valence-corrected chi connectivity index (χ2v) is 4.94. The first-order chi connectivity index (χ1) is 8.81. The Kier molecular flexibility index (Phi) is 3.11. The van der Waals surface area contributed by atoms with Crippen LogP contribution in [0.1, 0.15) is 22.8 Å². The lowest BCUT2D eigenvalue weighted by molar-refractivity contribution is 0.295. The number of rotatable bonds is 4. The van der Waals surface area contributed by atoms with Crippen molar-refractivity contribution in [3.63, 3.8) is 0 Å². The van der Waals surface area contributed by atoms with Gasteiger partial charge in [0.15, 0.2) is 5.82 Å². The van der Waals surface area contributed by atoms with Gasteiger partial charge in [-0.2, -0.15) is 4.98 Å². The molecule has 1 fully saturated rings. The van der Waals surface area contributed by atoms with Gasteiger partial charge in [-0.15, -0.1) is 0 Å². The molecule has 0 atom stereocenters. The highest BCUT2D eigenvalue weighted by Crippen LogP contribution is 2.14. The van der Waals surface area contributed by atoms with Gasteiger partial charge in [0.1, 0.15) is 0 Å². The van der Waals surface area contributed by atoms with Gasteiger partial charge < -0.3 is 9.84 Å². The van der Waals surface area contributed by atoms with E-state index in [0.717, 1.165) is 37.6 Å². The van der Waals surface area contributed by atoms with Crippen LogP contribution < -0.4 is 5.32 Å². The highest BCUT2D eigenvalue weighted by atomic mass is 16.5. The van der Waals surface area contributed by atoms with E-state index in [1.54, 1.807) is 0 Å². The van der Waals surface area contributed by atoms with E-state index in [9.17, 15) is 0 Å². The van der Waals surface area contributed by atoms with E-state index in [4.69, 9.17) is 4.52 Å². The molecule has 18 heavy (non-hydrogen) atoms. The van der Waals surface area contributed by atoms with Crippen LogP contribution in [0.25, 0.3) is 0 Å². The van der Waals surface area contributed by atoms with E-state index in [2.05, 4.69) is 34.5 Å². The minimum absolute atomic E-state index is 0.664. The van der Waals surface area contributed by atoms with Gasteiger partial charge >= 0.3 is 0 Å². The average Bonchev–Trinajstić information content (AvgIpc) is 2.75. The number of aryl methyl sites for hydroxylation is 1. The average molecular weight is 243 g/mol. The van der Waals surface area contributed by atoms with Gasteiger partial charge in [0, 0.05) is 12.8 Å². The molecule has 1 aliphatic heterocycles. The van der Waals surface area contributed by atoms with Crippen molar-refractivity contribution in [3.8, 4) is 0 Å². The second-order valence-electron chi connectivity index (χ2n) is 4.94. The molecule has 4 nitrogen and oxygen atoms in total. The molecule has 2 heterocycles. The van der Waals surface area contributed by atoms with Crippen LogP contribution in [0.4, 0.5) is 0 Å². The fraction of sp³-hybridized carbons (Fsp3) is 0.429. The minimum Gasteiger partial charge on any atom is -0.339 e. The SMILES string of the molecule is Cc1ccccc1Cc1noc(CC2CNC2)n1. The molecule has 3 rings (SSSR count). The lowest BCUT2D eigenvalue weighted by Gasteiger charge is -2.25. The third-order valence-electron chi connectivity index (χ3n) is 3.45. The molecule has 0 saturated carbocycles. The molecule has 94 valence electrons. The molecule has 0 unspecified atom stereocenters. The summed E-state index contributed by atoms with van der Waals surface area (Å²) in [5.41, 5.74) is 2.53. The zero-order valence-corrected chi connectivity index (χ0v) is 10.5. The molecule has 0 bridgehead atoms. The minimum atomic E-state index is 0.664. The Morgan fingerprint density at radius 1 is 1.33 bits per heavy atom. The Balaban J connectivity index is 1.67. The van der Waals surface area contributed by atoms with Crippen LogP contribution in [0, 0.1) is 12.8 Å². The van der Waals surface area contributed by atoms with Crippen molar-refractivity contribution in [2.24, 2.45) is 5.92 Å². The van der Waals surface area contributed by atoms with E-state index >= 15 is 0 Å². The fourth-order valence-corrected chi connectivity index (χ4v) is 2.16. The maximum Gasteiger partial charge on any atom is 0.227 e. The van der Waals surface area contributed by atoms with Crippen LogP contribution in [-0.4, -0.2) is 23.2 Å². The predicted molar refractivity (Wildman–Crippen MR) is 68.3 cm³/mol. The molecule has 1 N–H and O–H groups in total. The molecule has 0 amide bonds. The van der Waals surface area contributed by atoms with Gasteiger partial charge in [0.2, 0.25) is 5.89 Å². The molecule has 0 aliphatic carbocycles. The first-order valence-electron chi connectivity index (χ1n) is 6.38. The Labute approximate surface area is 106 Å². The van der Waals surface area contributed by atoms with Crippen LogP contribution in [0.15, 0.2) is 28.8 Å². The van der Waals surface area contributed by atoms with Gasteiger partial charge in [-0.25, -0.2) is 0 Å². The normalized spacial score (nSPS) is 15.6. The smallest absolute Gasteiger partial charge is 0.227 e. The highest BCUT2D eigenvalue weighted by molar-refractivity contribution is 5.27. The number of hydrogen-bond donors (Lipinski definition) is 1. The predicted octanol–water partition coefficient (Wildman–Crippen LogP) is 1.73. The Bertz CT molecular complexity index is 531. The Hall–Kier alpha value is -1.68. The summed E-state index contributed by atoms with van der Waals surface area (Å²) in [5, 5.41) is 7.30. The number of hydrogen-bond acceptors (Lipinski definition) is 4. The lowest BCUT2D eigenvalue weighted by Crippen LogP contribution is -2.43. The van der Waals surface area contributed by atoms with Gasteiger partial charge in [0.05, 0.1) is 0 Å². The van der Waals surface area contributed by atoms with Crippen LogP contribution in [0.5, 0.6) is 0 Å². The first-order valence-corrected chi connectivity index (χ1v) is 6.38. The van der Waals surface area contributed by atoms with E-state index in [-0.39, 0.29) is 0 Å². The summed E-state index contributed by atoms with van der Waals surface area (Å²) in [5.74, 6) is 2.22. The van der Waals surface area contributed by atoms with Gasteiger partial charge in [-0.1, -0.05) is 29.4 Å². The second kappa shape index (κ2) is 4.90. The van der Waals surface area contributed by atoms with Crippen molar-refractivity contribution in [2.75, 3.05) is 13.1 Å². The summed E-state index contributed by atoms with van der Waals surface area (Å²) in [4.78, 5) is 4.46. The molecule has 1 aromatic heterocycles. The van der Waals surface area contributed by atoms with E-state index in [1.165, 1.54) is 11.1 Å². The zero-order chi connectivity index (χ0) is 12.4. The van der Waals surface area contributed by atoms with E-state index in [1.807, 2.05) is 12.1 Å². The van der Waals surface area contributed by atoms with Crippen LogP contribution >= 0.6 is 0 Å². The number of benzene rings is 1. The maximum atomic E-state index is 5.29. The van der Waals surface area contributed by atoms with E-state index < -0.39 is 0 Å². The number of aromatic nitrogens is 2. The zero-order valence-electron chi connectivity index (χ0n) is 10.5. The van der Waals surface area contributed by atoms with Gasteiger partial charge in [-0.05, 0) is 37.1 Å². The number of nitrogens with one attached hydrogen (secondary N) is 1. The van der Waals surface area contributed by atoms with Crippen LogP contribution in [-0.2, 0) is 12.8 Å². The quantitative estimate of drug-likeness (QED) is 0.888. The standard InChI is InChI=1S/C14H17N3O/c1-10-4-2-3-5-12(10)7-13-16-14(18-17-13)6-11-8-15-9-11/h2-5,11,15H,6-9H2,1H3. The Morgan fingerprint density at radius 3 is 2.89 bits per heavy atom. The van der Waals surface area contributed by atoms with Crippen molar-refractivity contribution < 1.29 is 4.52 Å². The molecular weight excluding hydrogens is 226 g/mol. The van der Waals surface area contributed by atoms with Crippen molar-refractivity contribution in [3.05, 3.63) is 47.1 Å². The summed E-state index contributed by atoms with van der Waals surface area (Å²) < 4.78 is 5.29. The van der Waals surface area contributed by atoms with Gasteiger partial charge in [-0.3, -0.25) is 0 Å². The summed E-state index contributed by atoms with van der Waals surface area (Å²) in [6.07, 6.45) is 1.65. The monoisotopic (exact) mass is 243 g/mol. The fourth-order valence-electron chi connectivity index (χ4n) is 2.16. The topological polar surface area (TPSA) is 51.0 Å². The molecule has 0 spiro atoms. The third kappa shape index (κ3) is 2.43. The van der Waals surface area contributed by atoms with Crippen LogP contribution in [0.2, 0.25) is 0 Å². The van der Waals surface area contributed by atoms with Crippen molar-refractivity contribution in [2.45, 2.75) is 19.8 Å². The molecule has 1 saturated heterocycles. The maximum absolute atomic E-state index is 5.29. The summed E-state index contributed by atoms with van der Waals surface area (Å²) in [6, 6.07) is 8.31. The van der Waals surface area contributed by atoms with Crippen molar-refractivity contribution in [1.82, 2.24) is 15.5 Å². The first kappa shape index (κ1) is 11.4. The number of nitrogens with zero attached hydrogens (tertiary/aromatic N) is 2. The summed E-state index contributed by atoms with van der Waals surface area (Å²) in [6.45, 7) is 4.24. The molecule has 2 aromatic rings. The van der Waals surface area contributed by atoms with Crippen molar-refractivity contribution in [1.29, 1.82) is 0 Å². The molecule has 1 aromatic carbocycles. The largest absolute Gasteiger partial charge is 0.339 e. The molecule has 0 radical (unpaired) electrons. The third-order valence-corrected chi connectivity index (χ3v) is 3.45. The van der Waals surface area contributed by atoms with Crippen LogP contribution in [0.3, 0.4) is 0 Å². The molecular formula is C14H17N3O. The Morgan fingerprint density at radius 2 is 2.17 bits per heavy atom. The summed E-state index contributed by atoms with van der Waals surface area (Å²) in [7, 11) is 0. The van der Waals surface area contributed by atoms with E-state index in [0.29, 0.717) is 5.92 Å². The van der Waals surface area contributed by atoms with Crippen molar-refractivity contribution >= 4 is 0 Å². The lowest BCUT2D eigenvalue weighted by atomic mass is 10.00.